The molecule has 1 aromatic rings. The van der Waals surface area contributed by atoms with Gasteiger partial charge in [0.1, 0.15) is 12.1 Å². The predicted molar refractivity (Wildman–Crippen MR) is 71.4 cm³/mol. The number of aliphatic carboxylic acids is 2. The topological polar surface area (TPSA) is 107 Å². The number of hydrogen-bond acceptors (Lipinski definition) is 5. The van der Waals surface area contributed by atoms with Gasteiger partial charge in [-0.1, -0.05) is 6.08 Å². The molecule has 0 radical (unpaired) electrons. The molecule has 0 aliphatic carbocycles. The summed E-state index contributed by atoms with van der Waals surface area (Å²) < 4.78 is 0. The Bertz CT molecular complexity index is 470. The second-order valence-electron chi connectivity index (χ2n) is 3.85. The van der Waals surface area contributed by atoms with E-state index < -0.39 is 24.1 Å². The molecule has 0 aliphatic heterocycles. The number of aliphatic hydroxyl groups excluding tert-OH is 1. The molecule has 2 atom stereocenters. The molecule has 0 bridgehead atoms. The molecule has 1 rings (SSSR count). The second kappa shape index (κ2) is 6.91. The lowest BCUT2D eigenvalue weighted by Gasteiger charge is -2.13. The molecule has 0 amide bonds. The highest BCUT2D eigenvalue weighted by Gasteiger charge is 2.19. The number of carbonyl (C=O) groups is 2. The van der Waals surface area contributed by atoms with Gasteiger partial charge in [-0.3, -0.25) is 4.79 Å². The zero-order valence-electron chi connectivity index (χ0n) is 10.1. The number of anilines is 1. The summed E-state index contributed by atoms with van der Waals surface area (Å²) in [4.78, 5) is 22.1. The van der Waals surface area contributed by atoms with Crippen LogP contribution < -0.4 is 5.32 Å². The quantitative estimate of drug-likeness (QED) is 0.542. The first-order chi connectivity index (χ1) is 8.93. The van der Waals surface area contributed by atoms with Crippen LogP contribution in [-0.4, -0.2) is 33.3 Å². The van der Waals surface area contributed by atoms with Gasteiger partial charge in [-0.15, -0.1) is 17.9 Å². The molecule has 1 heterocycles. The minimum Gasteiger partial charge on any atom is -0.481 e. The summed E-state index contributed by atoms with van der Waals surface area (Å²) in [6.45, 7) is 3.46. The highest BCUT2D eigenvalue weighted by Crippen LogP contribution is 2.28. The largest absolute Gasteiger partial charge is 0.481 e. The van der Waals surface area contributed by atoms with Gasteiger partial charge in [-0.25, -0.2) is 4.79 Å². The summed E-state index contributed by atoms with van der Waals surface area (Å²) in [5.74, 6) is -2.15. The summed E-state index contributed by atoms with van der Waals surface area (Å²) in [6.07, 6.45) is 0.344. The Morgan fingerprint density at radius 1 is 1.42 bits per heavy atom. The van der Waals surface area contributed by atoms with Gasteiger partial charge in [0.2, 0.25) is 0 Å². The van der Waals surface area contributed by atoms with Crippen LogP contribution in [0, 0.1) is 0 Å². The van der Waals surface area contributed by atoms with Gasteiger partial charge < -0.3 is 20.6 Å². The van der Waals surface area contributed by atoms with Crippen LogP contribution in [0.15, 0.2) is 24.8 Å². The lowest BCUT2D eigenvalue weighted by atomic mass is 10.1. The first kappa shape index (κ1) is 15.2. The molecule has 0 spiro atoms. The highest BCUT2D eigenvalue weighted by molar-refractivity contribution is 7.16. The van der Waals surface area contributed by atoms with Crippen molar-refractivity contribution in [3.05, 3.63) is 29.7 Å². The van der Waals surface area contributed by atoms with Crippen molar-refractivity contribution in [2.24, 2.45) is 0 Å². The molecule has 0 aliphatic rings. The van der Waals surface area contributed by atoms with Crippen molar-refractivity contribution in [2.45, 2.75) is 25.0 Å². The van der Waals surface area contributed by atoms with Gasteiger partial charge in [-0.2, -0.15) is 0 Å². The van der Waals surface area contributed by atoms with Crippen LogP contribution in [0.3, 0.4) is 0 Å². The first-order valence-corrected chi connectivity index (χ1v) is 6.37. The lowest BCUT2D eigenvalue weighted by Crippen LogP contribution is -2.29. The third kappa shape index (κ3) is 4.72. The zero-order chi connectivity index (χ0) is 14.4. The summed E-state index contributed by atoms with van der Waals surface area (Å²) >= 11 is 1.20. The van der Waals surface area contributed by atoms with E-state index in [2.05, 4.69) is 11.9 Å². The number of thiophene rings is 1. The molecule has 0 aromatic carbocycles. The molecule has 0 saturated heterocycles. The van der Waals surface area contributed by atoms with Gasteiger partial charge in [0.05, 0.1) is 5.00 Å². The number of hydrogen-bond donors (Lipinski definition) is 4. The minimum absolute atomic E-state index is 0.0120. The van der Waals surface area contributed by atoms with E-state index in [9.17, 15) is 14.7 Å². The molecule has 19 heavy (non-hydrogen) atoms. The molecular weight excluding hydrogens is 270 g/mol. The van der Waals surface area contributed by atoms with Crippen LogP contribution in [-0.2, 0) is 9.59 Å². The highest BCUT2D eigenvalue weighted by atomic mass is 32.1. The van der Waals surface area contributed by atoms with E-state index in [-0.39, 0.29) is 12.8 Å². The summed E-state index contributed by atoms with van der Waals surface area (Å²) in [7, 11) is 0. The smallest absolute Gasteiger partial charge is 0.326 e. The Hall–Kier alpha value is -1.86. The van der Waals surface area contributed by atoms with Crippen LogP contribution in [0.4, 0.5) is 5.00 Å². The van der Waals surface area contributed by atoms with E-state index >= 15 is 0 Å². The molecule has 1 aromatic heterocycles. The van der Waals surface area contributed by atoms with Crippen LogP contribution in [0.2, 0.25) is 0 Å². The molecule has 0 saturated carbocycles. The fourth-order valence-electron chi connectivity index (χ4n) is 1.40. The third-order valence-electron chi connectivity index (χ3n) is 2.40. The van der Waals surface area contributed by atoms with Crippen molar-refractivity contribution >= 4 is 28.3 Å². The number of aliphatic hydroxyl groups is 1. The zero-order valence-corrected chi connectivity index (χ0v) is 10.9. The van der Waals surface area contributed by atoms with E-state index in [0.717, 1.165) is 0 Å². The minimum atomic E-state index is -1.11. The van der Waals surface area contributed by atoms with Crippen LogP contribution >= 0.6 is 11.3 Å². The van der Waals surface area contributed by atoms with Crippen molar-refractivity contribution in [1.29, 1.82) is 0 Å². The Balaban J connectivity index is 2.68. The maximum atomic E-state index is 11.0. The van der Waals surface area contributed by atoms with E-state index in [0.29, 0.717) is 9.88 Å². The maximum absolute atomic E-state index is 11.0. The molecular formula is C12H15NO5S. The maximum Gasteiger partial charge on any atom is 0.326 e. The van der Waals surface area contributed by atoms with Crippen molar-refractivity contribution in [3.63, 3.8) is 0 Å². The SMILES string of the molecule is C=CC(O)c1ccc(N[C@@H](CCC(=O)O)C(=O)O)s1. The van der Waals surface area contributed by atoms with Gasteiger partial charge in [0.15, 0.2) is 0 Å². The summed E-state index contributed by atoms with van der Waals surface area (Å²) in [5, 5.41) is 30.4. The van der Waals surface area contributed by atoms with Crippen LogP contribution in [0.5, 0.6) is 0 Å². The van der Waals surface area contributed by atoms with Crippen LogP contribution in [0.1, 0.15) is 23.8 Å². The molecule has 1 unspecified atom stereocenters. The third-order valence-corrected chi connectivity index (χ3v) is 3.49. The Morgan fingerprint density at radius 2 is 2.11 bits per heavy atom. The Morgan fingerprint density at radius 3 is 2.63 bits per heavy atom. The van der Waals surface area contributed by atoms with Crippen molar-refractivity contribution in [3.8, 4) is 0 Å². The van der Waals surface area contributed by atoms with Crippen molar-refractivity contribution < 1.29 is 24.9 Å². The lowest BCUT2D eigenvalue weighted by molar-refractivity contribution is -0.139. The van der Waals surface area contributed by atoms with Crippen molar-refractivity contribution in [2.75, 3.05) is 5.32 Å². The fraction of sp³-hybridized carbons (Fsp3) is 0.333. The Kier molecular flexibility index (Phi) is 5.53. The number of nitrogens with one attached hydrogen (secondary N) is 1. The molecule has 0 fully saturated rings. The van der Waals surface area contributed by atoms with Crippen molar-refractivity contribution in [1.82, 2.24) is 0 Å². The summed E-state index contributed by atoms with van der Waals surface area (Å²) in [6, 6.07) is 2.34. The van der Waals surface area contributed by atoms with Gasteiger partial charge in [0.25, 0.3) is 0 Å². The number of carboxylic acids is 2. The number of rotatable bonds is 8. The number of carboxylic acid groups (broad SMARTS) is 2. The van der Waals surface area contributed by atoms with Gasteiger partial charge in [-0.05, 0) is 18.6 Å². The molecule has 6 nitrogen and oxygen atoms in total. The van der Waals surface area contributed by atoms with E-state index in [1.54, 1.807) is 12.1 Å². The summed E-state index contributed by atoms with van der Waals surface area (Å²) in [5.41, 5.74) is 0. The van der Waals surface area contributed by atoms with E-state index in [1.165, 1.54) is 17.4 Å². The van der Waals surface area contributed by atoms with Crippen LogP contribution in [0.25, 0.3) is 0 Å². The molecule has 104 valence electrons. The normalized spacial score (nSPS) is 13.5. The standard InChI is InChI=1S/C12H15NO5S/c1-2-8(14)9-4-5-10(19-9)13-7(12(17)18)3-6-11(15)16/h2,4-5,7-8,13-14H,1,3,6H2,(H,15,16)(H,17,18)/t7-,8?/m0/s1. The average Bonchev–Trinajstić information content (AvgIpc) is 2.81. The molecule has 4 N–H and O–H groups in total. The average molecular weight is 285 g/mol. The predicted octanol–water partition coefficient (Wildman–Crippen LogP) is 1.70. The second-order valence-corrected chi connectivity index (χ2v) is 4.97. The van der Waals surface area contributed by atoms with Gasteiger partial charge in [0, 0.05) is 11.3 Å². The Labute approximate surface area is 114 Å². The van der Waals surface area contributed by atoms with E-state index in [1.807, 2.05) is 0 Å². The fourth-order valence-corrected chi connectivity index (χ4v) is 2.35. The molecule has 7 heteroatoms. The van der Waals surface area contributed by atoms with Gasteiger partial charge >= 0.3 is 11.9 Å². The first-order valence-electron chi connectivity index (χ1n) is 5.55. The monoisotopic (exact) mass is 285 g/mol. The van der Waals surface area contributed by atoms with E-state index in [4.69, 9.17) is 10.2 Å².